The van der Waals surface area contributed by atoms with Crippen LogP contribution >= 0.6 is 22.6 Å². The van der Waals surface area contributed by atoms with E-state index in [0.717, 1.165) is 25.9 Å². The van der Waals surface area contributed by atoms with Crippen molar-refractivity contribution >= 4 is 45.7 Å². The van der Waals surface area contributed by atoms with Crippen molar-refractivity contribution < 1.29 is 4.42 Å². The number of para-hydroxylation sites is 1. The Bertz CT molecular complexity index is 535. The van der Waals surface area contributed by atoms with E-state index in [-0.39, 0.29) is 0 Å². The molecule has 1 heterocycles. The van der Waals surface area contributed by atoms with E-state index in [4.69, 9.17) is 4.42 Å². The van der Waals surface area contributed by atoms with Crippen molar-refractivity contribution in [1.82, 2.24) is 0 Å². The average molecular weight is 310 g/mol. The van der Waals surface area contributed by atoms with Gasteiger partial charge in [-0.15, -0.1) is 0 Å². The predicted octanol–water partition coefficient (Wildman–Crippen LogP) is 4.71. The van der Waals surface area contributed by atoms with Crippen LogP contribution in [-0.4, -0.2) is 0 Å². The lowest BCUT2D eigenvalue weighted by molar-refractivity contribution is 0.601. The lowest BCUT2D eigenvalue weighted by Crippen LogP contribution is -1.73. The van der Waals surface area contributed by atoms with Crippen LogP contribution in [0.25, 0.3) is 23.1 Å². The third kappa shape index (κ3) is 1.74. The maximum atomic E-state index is 5.75. The van der Waals surface area contributed by atoms with Gasteiger partial charge in [-0.2, -0.15) is 0 Å². The highest BCUT2D eigenvalue weighted by atomic mass is 127. The normalized spacial score (nSPS) is 11.3. The molecule has 0 bridgehead atoms. The van der Waals surface area contributed by atoms with Crippen molar-refractivity contribution in [2.75, 3.05) is 0 Å². The molecule has 1 nitrogen and oxygen atoms in total. The molecule has 0 radical (unpaired) electrons. The third-order valence-electron chi connectivity index (χ3n) is 2.25. The van der Waals surface area contributed by atoms with Crippen LogP contribution in [-0.2, 0) is 0 Å². The summed E-state index contributed by atoms with van der Waals surface area (Å²) in [6.45, 7) is 5.77. The van der Waals surface area contributed by atoms with Crippen LogP contribution < -0.4 is 0 Å². The SMILES string of the molecule is C=Cc1oc2c(I)cccc2c1/C=C\C. The maximum Gasteiger partial charge on any atom is 0.148 e. The summed E-state index contributed by atoms with van der Waals surface area (Å²) in [6.07, 6.45) is 5.82. The summed E-state index contributed by atoms with van der Waals surface area (Å²) in [5, 5.41) is 1.15. The van der Waals surface area contributed by atoms with Gasteiger partial charge in [-0.1, -0.05) is 30.9 Å². The van der Waals surface area contributed by atoms with Gasteiger partial charge >= 0.3 is 0 Å². The molecule has 2 aromatic rings. The Morgan fingerprint density at radius 3 is 2.87 bits per heavy atom. The molecular formula is C13H11IO. The lowest BCUT2D eigenvalue weighted by atomic mass is 10.1. The standard InChI is InChI=1S/C13H11IO/c1-3-6-9-10-7-5-8-11(14)13(10)15-12(9)4-2/h3-8H,2H2,1H3/b6-3-. The highest BCUT2D eigenvalue weighted by Gasteiger charge is 2.10. The second-order valence-electron chi connectivity index (χ2n) is 3.20. The zero-order valence-corrected chi connectivity index (χ0v) is 10.6. The molecule has 0 amide bonds. The van der Waals surface area contributed by atoms with Crippen LogP contribution in [0.3, 0.4) is 0 Å². The Morgan fingerprint density at radius 2 is 2.20 bits per heavy atom. The topological polar surface area (TPSA) is 13.1 Å². The molecule has 1 aromatic heterocycles. The molecule has 0 fully saturated rings. The first-order chi connectivity index (χ1) is 7.27. The van der Waals surface area contributed by atoms with E-state index in [9.17, 15) is 0 Å². The van der Waals surface area contributed by atoms with E-state index < -0.39 is 0 Å². The van der Waals surface area contributed by atoms with Crippen LogP contribution in [0.5, 0.6) is 0 Å². The van der Waals surface area contributed by atoms with Gasteiger partial charge in [0.05, 0.1) is 3.57 Å². The number of halogens is 1. The molecule has 0 aliphatic carbocycles. The first-order valence-corrected chi connectivity index (χ1v) is 5.82. The molecular weight excluding hydrogens is 299 g/mol. The van der Waals surface area contributed by atoms with Crippen LogP contribution in [0.1, 0.15) is 18.2 Å². The zero-order chi connectivity index (χ0) is 10.8. The van der Waals surface area contributed by atoms with Gasteiger partial charge in [0.15, 0.2) is 0 Å². The first kappa shape index (κ1) is 10.5. The molecule has 0 N–H and O–H groups in total. The van der Waals surface area contributed by atoms with Crippen molar-refractivity contribution in [2.45, 2.75) is 6.92 Å². The summed E-state index contributed by atoms with van der Waals surface area (Å²) in [5.41, 5.74) is 2.06. The monoisotopic (exact) mass is 310 g/mol. The van der Waals surface area contributed by atoms with E-state index in [1.807, 2.05) is 25.1 Å². The van der Waals surface area contributed by atoms with Gasteiger partial charge in [-0.05, 0) is 41.7 Å². The molecule has 76 valence electrons. The molecule has 0 saturated heterocycles. The fraction of sp³-hybridized carbons (Fsp3) is 0.0769. The molecule has 0 spiro atoms. The fourth-order valence-electron chi connectivity index (χ4n) is 1.61. The minimum atomic E-state index is 0.840. The molecule has 1 aromatic carbocycles. The largest absolute Gasteiger partial charge is 0.455 e. The second kappa shape index (κ2) is 4.23. The van der Waals surface area contributed by atoms with E-state index in [1.54, 1.807) is 6.08 Å². The minimum absolute atomic E-state index is 0.840. The summed E-state index contributed by atoms with van der Waals surface area (Å²) in [7, 11) is 0. The quantitative estimate of drug-likeness (QED) is 0.732. The van der Waals surface area contributed by atoms with E-state index in [1.165, 1.54) is 0 Å². The highest BCUT2D eigenvalue weighted by molar-refractivity contribution is 14.1. The van der Waals surface area contributed by atoms with Crippen molar-refractivity contribution in [3.05, 3.63) is 45.7 Å². The van der Waals surface area contributed by atoms with Crippen LogP contribution in [0.4, 0.5) is 0 Å². The van der Waals surface area contributed by atoms with E-state index >= 15 is 0 Å². The number of benzene rings is 1. The van der Waals surface area contributed by atoms with Crippen LogP contribution in [0, 0.1) is 3.57 Å². The van der Waals surface area contributed by atoms with Crippen molar-refractivity contribution in [2.24, 2.45) is 0 Å². The zero-order valence-electron chi connectivity index (χ0n) is 8.46. The Hall–Kier alpha value is -1.03. The summed E-state index contributed by atoms with van der Waals surface area (Å²) in [4.78, 5) is 0. The molecule has 2 rings (SSSR count). The summed E-state index contributed by atoms with van der Waals surface area (Å²) < 4.78 is 6.88. The van der Waals surface area contributed by atoms with Gasteiger partial charge in [-0.25, -0.2) is 0 Å². The minimum Gasteiger partial charge on any atom is -0.455 e. The van der Waals surface area contributed by atoms with Gasteiger partial charge in [0, 0.05) is 10.9 Å². The molecule has 0 atom stereocenters. The van der Waals surface area contributed by atoms with Gasteiger partial charge in [-0.3, -0.25) is 0 Å². The van der Waals surface area contributed by atoms with E-state index in [2.05, 4.69) is 41.3 Å². The summed E-state index contributed by atoms with van der Waals surface area (Å²) in [6, 6.07) is 6.15. The number of fused-ring (bicyclic) bond motifs is 1. The predicted molar refractivity (Wildman–Crippen MR) is 73.7 cm³/mol. The van der Waals surface area contributed by atoms with Crippen molar-refractivity contribution in [3.63, 3.8) is 0 Å². The number of furan rings is 1. The maximum absolute atomic E-state index is 5.75. The van der Waals surface area contributed by atoms with Crippen LogP contribution in [0.15, 0.2) is 35.3 Å². The second-order valence-corrected chi connectivity index (χ2v) is 4.36. The average Bonchev–Trinajstić information content (AvgIpc) is 2.59. The van der Waals surface area contributed by atoms with Gasteiger partial charge in [0.1, 0.15) is 11.3 Å². The van der Waals surface area contributed by atoms with Crippen molar-refractivity contribution in [3.8, 4) is 0 Å². The number of allylic oxidation sites excluding steroid dienone is 1. The molecule has 15 heavy (non-hydrogen) atoms. The van der Waals surface area contributed by atoms with Crippen LogP contribution in [0.2, 0.25) is 0 Å². The van der Waals surface area contributed by atoms with E-state index in [0.29, 0.717) is 0 Å². The number of hydrogen-bond acceptors (Lipinski definition) is 1. The Balaban J connectivity index is 2.85. The smallest absolute Gasteiger partial charge is 0.148 e. The first-order valence-electron chi connectivity index (χ1n) is 4.74. The fourth-order valence-corrected chi connectivity index (χ4v) is 2.22. The molecule has 0 aliphatic rings. The Labute approximate surface area is 103 Å². The number of rotatable bonds is 2. The Morgan fingerprint density at radius 1 is 1.40 bits per heavy atom. The van der Waals surface area contributed by atoms with Gasteiger partial charge < -0.3 is 4.42 Å². The van der Waals surface area contributed by atoms with Crippen molar-refractivity contribution in [1.29, 1.82) is 0 Å². The highest BCUT2D eigenvalue weighted by Crippen LogP contribution is 2.30. The number of hydrogen-bond donors (Lipinski definition) is 0. The Kier molecular flexibility index (Phi) is 2.95. The molecule has 0 saturated carbocycles. The van der Waals surface area contributed by atoms with Gasteiger partial charge in [0.2, 0.25) is 0 Å². The molecule has 2 heteroatoms. The lowest BCUT2D eigenvalue weighted by Gasteiger charge is -1.91. The summed E-state index contributed by atoms with van der Waals surface area (Å²) in [5.74, 6) is 0.840. The third-order valence-corrected chi connectivity index (χ3v) is 3.10. The summed E-state index contributed by atoms with van der Waals surface area (Å²) >= 11 is 2.28. The molecule has 0 unspecified atom stereocenters. The van der Waals surface area contributed by atoms with Gasteiger partial charge in [0.25, 0.3) is 0 Å². The molecule has 0 aliphatic heterocycles.